The van der Waals surface area contributed by atoms with Gasteiger partial charge in [-0.05, 0) is 62.9 Å². The fraction of sp³-hybridized carbons (Fsp3) is 0.364. The van der Waals surface area contributed by atoms with E-state index in [0.717, 1.165) is 48.5 Å². The van der Waals surface area contributed by atoms with Crippen LogP contribution >= 0.6 is 0 Å². The van der Waals surface area contributed by atoms with E-state index in [4.69, 9.17) is 5.73 Å². The molecule has 0 radical (unpaired) electrons. The van der Waals surface area contributed by atoms with Gasteiger partial charge in [-0.2, -0.15) is 0 Å². The van der Waals surface area contributed by atoms with Gasteiger partial charge in [-0.3, -0.25) is 9.36 Å². The molecule has 4 rings (SSSR count). The molecule has 0 bridgehead atoms. The van der Waals surface area contributed by atoms with Crippen molar-refractivity contribution in [3.8, 4) is 5.69 Å². The average molecular weight is 362 g/mol. The quantitative estimate of drug-likeness (QED) is 0.775. The lowest BCUT2D eigenvalue weighted by Gasteiger charge is -2.33. The molecule has 5 heteroatoms. The van der Waals surface area contributed by atoms with E-state index < -0.39 is 0 Å². The molecule has 2 heterocycles. The van der Waals surface area contributed by atoms with E-state index in [0.29, 0.717) is 11.5 Å². The van der Waals surface area contributed by atoms with Crippen LogP contribution in [-0.2, 0) is 0 Å². The molecular weight excluding hydrogens is 336 g/mol. The Morgan fingerprint density at radius 2 is 1.85 bits per heavy atom. The van der Waals surface area contributed by atoms with Crippen LogP contribution in [0.3, 0.4) is 0 Å². The minimum atomic E-state index is 0.0898. The number of nitrogens with zero attached hydrogens (tertiary/aromatic N) is 3. The van der Waals surface area contributed by atoms with E-state index >= 15 is 0 Å². The second-order valence-corrected chi connectivity index (χ2v) is 7.52. The lowest BCUT2D eigenvalue weighted by atomic mass is 9.90. The summed E-state index contributed by atoms with van der Waals surface area (Å²) in [5.74, 6) is 1.52. The fourth-order valence-corrected chi connectivity index (χ4v) is 4.05. The zero-order chi connectivity index (χ0) is 19.0. The molecule has 1 atom stereocenters. The summed E-state index contributed by atoms with van der Waals surface area (Å²) in [5, 5.41) is 0. The number of benzene rings is 2. The molecule has 1 saturated heterocycles. The van der Waals surface area contributed by atoms with Crippen LogP contribution < -0.4 is 5.73 Å². The summed E-state index contributed by atoms with van der Waals surface area (Å²) in [6.45, 7) is 5.61. The van der Waals surface area contributed by atoms with E-state index in [1.807, 2.05) is 48.2 Å². The molecule has 5 nitrogen and oxygen atoms in total. The summed E-state index contributed by atoms with van der Waals surface area (Å²) >= 11 is 0. The van der Waals surface area contributed by atoms with Gasteiger partial charge < -0.3 is 10.6 Å². The van der Waals surface area contributed by atoms with Crippen molar-refractivity contribution < 1.29 is 4.79 Å². The maximum atomic E-state index is 12.9. The van der Waals surface area contributed by atoms with Crippen molar-refractivity contribution in [1.29, 1.82) is 0 Å². The number of nitrogens with two attached hydrogens (primary N) is 1. The molecule has 1 unspecified atom stereocenters. The summed E-state index contributed by atoms with van der Waals surface area (Å²) < 4.78 is 2.12. The Hall–Kier alpha value is -2.66. The zero-order valence-corrected chi connectivity index (χ0v) is 15.9. The van der Waals surface area contributed by atoms with Crippen molar-refractivity contribution >= 4 is 16.9 Å². The number of piperidine rings is 1. The summed E-state index contributed by atoms with van der Waals surface area (Å²) in [6, 6.07) is 16.2. The van der Waals surface area contributed by atoms with Crippen LogP contribution in [0.25, 0.3) is 16.7 Å². The van der Waals surface area contributed by atoms with Gasteiger partial charge >= 0.3 is 0 Å². The molecule has 2 aromatic carbocycles. The molecule has 2 N–H and O–H groups in total. The second-order valence-electron chi connectivity index (χ2n) is 7.52. The highest BCUT2D eigenvalue weighted by Crippen LogP contribution is 2.25. The molecule has 1 aliphatic heterocycles. The van der Waals surface area contributed by atoms with E-state index in [-0.39, 0.29) is 11.9 Å². The first-order valence-electron chi connectivity index (χ1n) is 9.64. The Morgan fingerprint density at radius 3 is 2.52 bits per heavy atom. The number of fused-ring (bicyclic) bond motifs is 1. The topological polar surface area (TPSA) is 64.2 Å². The smallest absolute Gasteiger partial charge is 0.253 e. The standard InChI is InChI=1S/C22H26N4O/c1-15(23)17-10-12-25(13-11-17)22(27)18-8-9-21-20(14-18)24-16(2)26(21)19-6-4-3-5-7-19/h3-9,14-15,17H,10-13,23H2,1-2H3. The lowest BCUT2D eigenvalue weighted by Crippen LogP contribution is -2.42. The monoisotopic (exact) mass is 362 g/mol. The number of hydrogen-bond acceptors (Lipinski definition) is 3. The highest BCUT2D eigenvalue weighted by atomic mass is 16.2. The van der Waals surface area contributed by atoms with Crippen LogP contribution in [0.2, 0.25) is 0 Å². The number of carbonyl (C=O) groups is 1. The Bertz CT molecular complexity index is 953. The molecule has 0 spiro atoms. The van der Waals surface area contributed by atoms with E-state index in [1.54, 1.807) is 0 Å². The molecule has 3 aromatic rings. The van der Waals surface area contributed by atoms with Crippen LogP contribution in [0.1, 0.15) is 35.9 Å². The van der Waals surface area contributed by atoms with Crippen LogP contribution in [0.15, 0.2) is 48.5 Å². The minimum Gasteiger partial charge on any atom is -0.339 e. The third-order valence-electron chi connectivity index (χ3n) is 5.65. The van der Waals surface area contributed by atoms with Gasteiger partial charge in [0.05, 0.1) is 11.0 Å². The number of carbonyl (C=O) groups excluding carboxylic acids is 1. The molecular formula is C22H26N4O. The summed E-state index contributed by atoms with van der Waals surface area (Å²) in [6.07, 6.45) is 1.96. The number of imidazole rings is 1. The average Bonchev–Trinajstić information content (AvgIpc) is 3.03. The number of para-hydroxylation sites is 1. The van der Waals surface area contributed by atoms with Gasteiger partial charge in [0.15, 0.2) is 0 Å². The number of amides is 1. The molecule has 140 valence electrons. The van der Waals surface area contributed by atoms with Crippen molar-refractivity contribution in [3.63, 3.8) is 0 Å². The third kappa shape index (κ3) is 3.35. The van der Waals surface area contributed by atoms with Gasteiger partial charge in [-0.15, -0.1) is 0 Å². The van der Waals surface area contributed by atoms with Crippen molar-refractivity contribution in [3.05, 3.63) is 59.9 Å². The first-order valence-corrected chi connectivity index (χ1v) is 9.64. The number of hydrogen-bond donors (Lipinski definition) is 1. The number of aryl methyl sites for hydroxylation is 1. The first kappa shape index (κ1) is 17.7. The maximum Gasteiger partial charge on any atom is 0.253 e. The van der Waals surface area contributed by atoms with Crippen LogP contribution in [0, 0.1) is 12.8 Å². The summed E-state index contributed by atoms with van der Waals surface area (Å²) in [5.41, 5.74) is 9.67. The molecule has 0 saturated carbocycles. The SMILES string of the molecule is Cc1nc2cc(C(=O)N3CCC(C(C)N)CC3)ccc2n1-c1ccccc1. The molecule has 1 fully saturated rings. The number of rotatable bonds is 3. The molecule has 1 aliphatic rings. The lowest BCUT2D eigenvalue weighted by molar-refractivity contribution is 0.0681. The molecule has 0 aliphatic carbocycles. The maximum absolute atomic E-state index is 12.9. The van der Waals surface area contributed by atoms with Gasteiger partial charge in [0, 0.05) is 30.4 Å². The van der Waals surface area contributed by atoms with E-state index in [2.05, 4.69) is 28.6 Å². The predicted molar refractivity (Wildman–Crippen MR) is 108 cm³/mol. The molecule has 27 heavy (non-hydrogen) atoms. The van der Waals surface area contributed by atoms with E-state index in [9.17, 15) is 4.79 Å². The van der Waals surface area contributed by atoms with Crippen LogP contribution in [0.4, 0.5) is 0 Å². The van der Waals surface area contributed by atoms with Crippen molar-refractivity contribution in [2.45, 2.75) is 32.7 Å². The first-order chi connectivity index (χ1) is 13.0. The van der Waals surface area contributed by atoms with Crippen LogP contribution in [-0.4, -0.2) is 39.5 Å². The Balaban J connectivity index is 1.60. The second kappa shape index (κ2) is 7.16. The highest BCUT2D eigenvalue weighted by Gasteiger charge is 2.25. The Morgan fingerprint density at radius 1 is 1.15 bits per heavy atom. The largest absolute Gasteiger partial charge is 0.339 e. The van der Waals surface area contributed by atoms with Crippen LogP contribution in [0.5, 0.6) is 0 Å². The van der Waals surface area contributed by atoms with Crippen molar-refractivity contribution in [1.82, 2.24) is 14.5 Å². The Labute approximate surface area is 159 Å². The highest BCUT2D eigenvalue weighted by molar-refractivity contribution is 5.97. The zero-order valence-electron chi connectivity index (χ0n) is 15.9. The summed E-state index contributed by atoms with van der Waals surface area (Å²) in [4.78, 5) is 19.6. The molecule has 1 aromatic heterocycles. The van der Waals surface area contributed by atoms with Gasteiger partial charge in [0.1, 0.15) is 5.82 Å². The van der Waals surface area contributed by atoms with Gasteiger partial charge in [0.2, 0.25) is 0 Å². The van der Waals surface area contributed by atoms with Gasteiger partial charge in [-0.1, -0.05) is 18.2 Å². The molecule has 1 amide bonds. The fourth-order valence-electron chi connectivity index (χ4n) is 4.05. The number of aromatic nitrogens is 2. The minimum absolute atomic E-state index is 0.0898. The summed E-state index contributed by atoms with van der Waals surface area (Å²) in [7, 11) is 0. The van der Waals surface area contributed by atoms with Gasteiger partial charge in [-0.25, -0.2) is 4.98 Å². The predicted octanol–water partition coefficient (Wildman–Crippen LogP) is 3.53. The van der Waals surface area contributed by atoms with Gasteiger partial charge in [0.25, 0.3) is 5.91 Å². The van der Waals surface area contributed by atoms with E-state index in [1.165, 1.54) is 0 Å². The normalized spacial score (nSPS) is 16.6. The Kier molecular flexibility index (Phi) is 4.70. The third-order valence-corrected chi connectivity index (χ3v) is 5.65. The number of likely N-dealkylation sites (tertiary alicyclic amines) is 1. The van der Waals surface area contributed by atoms with Crippen molar-refractivity contribution in [2.24, 2.45) is 11.7 Å². The van der Waals surface area contributed by atoms with Crippen molar-refractivity contribution in [2.75, 3.05) is 13.1 Å².